The molecule has 0 unspecified atom stereocenters. The Hall–Kier alpha value is -3.25. The predicted molar refractivity (Wildman–Crippen MR) is 102 cm³/mol. The predicted octanol–water partition coefficient (Wildman–Crippen LogP) is 4.48. The van der Waals surface area contributed by atoms with E-state index in [-0.39, 0.29) is 30.5 Å². The molecule has 2 N–H and O–H groups in total. The minimum Gasteiger partial charge on any atom is -0.459 e. The summed E-state index contributed by atoms with van der Waals surface area (Å²) < 4.78 is 10.8. The fourth-order valence-corrected chi connectivity index (χ4v) is 2.48. The number of halogens is 1. The molecule has 0 saturated heterocycles. The van der Waals surface area contributed by atoms with Crippen molar-refractivity contribution in [3.63, 3.8) is 0 Å². The molecule has 2 aromatic carbocycles. The third kappa shape index (κ3) is 5.12. The zero-order valence-corrected chi connectivity index (χ0v) is 15.0. The van der Waals surface area contributed by atoms with Crippen LogP contribution in [-0.4, -0.2) is 18.4 Å². The number of ether oxygens (including phenoxy) is 1. The smallest absolute Gasteiger partial charge is 0.286 e. The van der Waals surface area contributed by atoms with Gasteiger partial charge >= 0.3 is 0 Å². The lowest BCUT2D eigenvalue weighted by molar-refractivity contribution is -0.116. The number of carbonyl (C=O) groups is 2. The number of nitrogens with one attached hydrogen (secondary N) is 2. The van der Waals surface area contributed by atoms with Crippen LogP contribution in [-0.2, 0) is 4.79 Å². The molecule has 0 saturated carbocycles. The Kier molecular flexibility index (Phi) is 6.12. The van der Waals surface area contributed by atoms with Crippen molar-refractivity contribution in [3.05, 3.63) is 77.7 Å². The van der Waals surface area contributed by atoms with Gasteiger partial charge in [-0.05, 0) is 36.4 Å². The van der Waals surface area contributed by atoms with Crippen LogP contribution in [0.15, 0.2) is 71.3 Å². The number of furan rings is 1. The summed E-state index contributed by atoms with van der Waals surface area (Å²) >= 11 is 6.11. The topological polar surface area (TPSA) is 80.6 Å². The molecule has 138 valence electrons. The van der Waals surface area contributed by atoms with Gasteiger partial charge in [0, 0.05) is 13.0 Å². The highest BCUT2D eigenvalue weighted by Crippen LogP contribution is 2.33. The first-order chi connectivity index (χ1) is 13.1. The van der Waals surface area contributed by atoms with Gasteiger partial charge in [0.05, 0.1) is 17.0 Å². The first kappa shape index (κ1) is 18.5. The van der Waals surface area contributed by atoms with Crippen LogP contribution in [0.3, 0.4) is 0 Å². The fraction of sp³-hybridized carbons (Fsp3) is 0.100. The second-order valence-corrected chi connectivity index (χ2v) is 5.97. The fourth-order valence-electron chi connectivity index (χ4n) is 2.30. The Balaban J connectivity index is 1.56. The summed E-state index contributed by atoms with van der Waals surface area (Å²) in [5.74, 6) is 0.541. The SMILES string of the molecule is O=C(CCNC(=O)c1ccco1)Nc1ccccc1Oc1ccccc1Cl. The van der Waals surface area contributed by atoms with Crippen LogP contribution in [0.2, 0.25) is 5.02 Å². The van der Waals surface area contributed by atoms with Crippen LogP contribution >= 0.6 is 11.6 Å². The lowest BCUT2D eigenvalue weighted by Gasteiger charge is -2.13. The Morgan fingerprint density at radius 1 is 0.963 bits per heavy atom. The molecule has 27 heavy (non-hydrogen) atoms. The van der Waals surface area contributed by atoms with Crippen molar-refractivity contribution in [3.8, 4) is 11.5 Å². The number of amides is 2. The Morgan fingerprint density at radius 3 is 2.44 bits per heavy atom. The number of hydrogen-bond donors (Lipinski definition) is 2. The minimum atomic E-state index is -0.366. The van der Waals surface area contributed by atoms with Crippen LogP contribution in [0.4, 0.5) is 5.69 Å². The molecule has 0 bridgehead atoms. The highest BCUT2D eigenvalue weighted by molar-refractivity contribution is 6.32. The maximum absolute atomic E-state index is 12.2. The van der Waals surface area contributed by atoms with Crippen molar-refractivity contribution in [1.29, 1.82) is 0 Å². The molecular weight excluding hydrogens is 368 g/mol. The third-order valence-electron chi connectivity index (χ3n) is 3.60. The van der Waals surface area contributed by atoms with E-state index in [2.05, 4.69) is 10.6 Å². The molecule has 1 heterocycles. The largest absolute Gasteiger partial charge is 0.459 e. The summed E-state index contributed by atoms with van der Waals surface area (Å²) in [7, 11) is 0. The van der Waals surface area contributed by atoms with E-state index in [1.165, 1.54) is 6.26 Å². The number of para-hydroxylation sites is 3. The quantitative estimate of drug-likeness (QED) is 0.629. The Morgan fingerprint density at radius 2 is 1.70 bits per heavy atom. The van der Waals surface area contributed by atoms with E-state index in [9.17, 15) is 9.59 Å². The molecule has 0 aliphatic rings. The summed E-state index contributed by atoms with van der Waals surface area (Å²) in [5, 5.41) is 5.87. The number of anilines is 1. The molecule has 0 atom stereocenters. The first-order valence-electron chi connectivity index (χ1n) is 8.26. The third-order valence-corrected chi connectivity index (χ3v) is 3.91. The van der Waals surface area contributed by atoms with Gasteiger partial charge in [0.2, 0.25) is 5.91 Å². The molecule has 3 rings (SSSR count). The molecular formula is C20H17ClN2O4. The molecule has 0 radical (unpaired) electrons. The maximum Gasteiger partial charge on any atom is 0.286 e. The lowest BCUT2D eigenvalue weighted by Crippen LogP contribution is -2.27. The van der Waals surface area contributed by atoms with E-state index >= 15 is 0 Å². The molecule has 0 aliphatic carbocycles. The van der Waals surface area contributed by atoms with Gasteiger partial charge in [-0.3, -0.25) is 9.59 Å². The Labute approximate surface area is 161 Å². The summed E-state index contributed by atoms with van der Waals surface area (Å²) in [4.78, 5) is 24.0. The Bertz CT molecular complexity index is 925. The molecule has 1 aromatic heterocycles. The van der Waals surface area contributed by atoms with E-state index in [1.807, 2.05) is 6.07 Å². The second-order valence-electron chi connectivity index (χ2n) is 5.56. The standard InChI is InChI=1S/C20H17ClN2O4/c21-14-6-1-3-8-16(14)27-17-9-4-2-7-15(17)23-19(24)11-12-22-20(25)18-10-5-13-26-18/h1-10,13H,11-12H2,(H,22,25)(H,23,24). The molecule has 0 spiro atoms. The van der Waals surface area contributed by atoms with Crippen molar-refractivity contribution in [2.75, 3.05) is 11.9 Å². The summed E-state index contributed by atoms with van der Waals surface area (Å²) in [5.41, 5.74) is 0.514. The van der Waals surface area contributed by atoms with Crippen molar-refractivity contribution >= 4 is 29.1 Å². The monoisotopic (exact) mass is 384 g/mol. The summed E-state index contributed by atoms with van der Waals surface area (Å²) in [6, 6.07) is 17.3. The van der Waals surface area contributed by atoms with E-state index in [0.29, 0.717) is 22.2 Å². The number of hydrogen-bond acceptors (Lipinski definition) is 4. The van der Waals surface area contributed by atoms with Crippen LogP contribution < -0.4 is 15.4 Å². The van der Waals surface area contributed by atoms with Crippen molar-refractivity contribution in [1.82, 2.24) is 5.32 Å². The lowest BCUT2D eigenvalue weighted by atomic mass is 10.2. The molecule has 7 heteroatoms. The molecule has 0 aliphatic heterocycles. The number of carbonyl (C=O) groups excluding carboxylic acids is 2. The molecule has 2 amide bonds. The van der Waals surface area contributed by atoms with Crippen LogP contribution in [0.5, 0.6) is 11.5 Å². The van der Waals surface area contributed by atoms with Gasteiger partial charge in [-0.25, -0.2) is 0 Å². The van der Waals surface area contributed by atoms with Crippen molar-refractivity contribution < 1.29 is 18.7 Å². The van der Waals surface area contributed by atoms with Gasteiger partial charge in [-0.2, -0.15) is 0 Å². The van der Waals surface area contributed by atoms with Crippen LogP contribution in [0, 0.1) is 0 Å². The van der Waals surface area contributed by atoms with E-state index < -0.39 is 0 Å². The second kappa shape index (κ2) is 8.91. The van der Waals surface area contributed by atoms with Gasteiger partial charge in [0.1, 0.15) is 5.75 Å². The molecule has 6 nitrogen and oxygen atoms in total. The van der Waals surface area contributed by atoms with Gasteiger partial charge in [-0.15, -0.1) is 0 Å². The highest BCUT2D eigenvalue weighted by Gasteiger charge is 2.11. The van der Waals surface area contributed by atoms with Crippen LogP contribution in [0.25, 0.3) is 0 Å². The van der Waals surface area contributed by atoms with Gasteiger partial charge in [-0.1, -0.05) is 35.9 Å². The van der Waals surface area contributed by atoms with Gasteiger partial charge < -0.3 is 19.8 Å². The highest BCUT2D eigenvalue weighted by atomic mass is 35.5. The van der Waals surface area contributed by atoms with Crippen molar-refractivity contribution in [2.45, 2.75) is 6.42 Å². The number of benzene rings is 2. The van der Waals surface area contributed by atoms with Crippen molar-refractivity contribution in [2.24, 2.45) is 0 Å². The normalized spacial score (nSPS) is 10.3. The van der Waals surface area contributed by atoms with Gasteiger partial charge in [0.15, 0.2) is 11.5 Å². The zero-order valence-electron chi connectivity index (χ0n) is 14.3. The van der Waals surface area contributed by atoms with Crippen LogP contribution in [0.1, 0.15) is 17.0 Å². The molecule has 3 aromatic rings. The minimum absolute atomic E-state index is 0.104. The molecule has 0 fully saturated rings. The van der Waals surface area contributed by atoms with E-state index in [0.717, 1.165) is 0 Å². The first-order valence-corrected chi connectivity index (χ1v) is 8.64. The maximum atomic E-state index is 12.2. The van der Waals surface area contributed by atoms with E-state index in [1.54, 1.807) is 54.6 Å². The number of rotatable bonds is 7. The summed E-state index contributed by atoms with van der Waals surface area (Å²) in [6.07, 6.45) is 1.52. The summed E-state index contributed by atoms with van der Waals surface area (Å²) in [6.45, 7) is 0.179. The average Bonchev–Trinajstić information content (AvgIpc) is 3.20. The zero-order chi connectivity index (χ0) is 19.1. The van der Waals surface area contributed by atoms with Gasteiger partial charge in [0.25, 0.3) is 5.91 Å². The van der Waals surface area contributed by atoms with E-state index in [4.69, 9.17) is 20.8 Å². The average molecular weight is 385 g/mol.